The molecule has 0 bridgehead atoms. The number of methoxy groups -OCH3 is 1. The van der Waals surface area contributed by atoms with Crippen molar-refractivity contribution in [1.82, 2.24) is 4.57 Å². The van der Waals surface area contributed by atoms with Crippen LogP contribution in [0.1, 0.15) is 37.9 Å². The summed E-state index contributed by atoms with van der Waals surface area (Å²) < 4.78 is 17.7. The zero-order valence-electron chi connectivity index (χ0n) is 20.0. The molecule has 0 fully saturated rings. The van der Waals surface area contributed by atoms with E-state index in [1.165, 1.54) is 29.9 Å². The van der Waals surface area contributed by atoms with Gasteiger partial charge in [-0.25, -0.2) is 9.79 Å². The topological polar surface area (TPSA) is 96.2 Å². The lowest BCUT2D eigenvalue weighted by molar-refractivity contribution is -0.139. The van der Waals surface area contributed by atoms with Crippen LogP contribution in [0.5, 0.6) is 11.5 Å². The highest BCUT2D eigenvalue weighted by Crippen LogP contribution is 2.34. The van der Waals surface area contributed by atoms with Gasteiger partial charge in [-0.2, -0.15) is 0 Å². The highest BCUT2D eigenvalue weighted by Gasteiger charge is 2.34. The van der Waals surface area contributed by atoms with Gasteiger partial charge >= 0.3 is 11.9 Å². The van der Waals surface area contributed by atoms with Gasteiger partial charge in [0.1, 0.15) is 6.04 Å². The van der Waals surface area contributed by atoms with Crippen LogP contribution in [-0.4, -0.2) is 30.2 Å². The molecule has 0 amide bonds. The van der Waals surface area contributed by atoms with E-state index >= 15 is 0 Å². The zero-order chi connectivity index (χ0) is 26.0. The Kier molecular flexibility index (Phi) is 7.42. The number of thiazole rings is 1. The van der Waals surface area contributed by atoms with Crippen molar-refractivity contribution in [3.8, 4) is 11.5 Å². The third kappa shape index (κ3) is 4.84. The van der Waals surface area contributed by atoms with E-state index in [4.69, 9.17) is 25.8 Å². The van der Waals surface area contributed by atoms with Crippen molar-refractivity contribution >= 4 is 41.0 Å². The molecule has 1 atom stereocenters. The Labute approximate surface area is 215 Å². The highest BCUT2D eigenvalue weighted by molar-refractivity contribution is 7.07. The average molecular weight is 527 g/mol. The maximum Gasteiger partial charge on any atom is 0.338 e. The molecule has 1 aliphatic rings. The molecule has 0 aliphatic carbocycles. The van der Waals surface area contributed by atoms with Crippen molar-refractivity contribution in [2.75, 3.05) is 13.7 Å². The number of nitrogens with zero attached hydrogens (tertiary/aromatic N) is 2. The Bertz CT molecular complexity index is 1570. The summed E-state index contributed by atoms with van der Waals surface area (Å²) in [7, 11) is 1.46. The minimum absolute atomic E-state index is 0.181. The van der Waals surface area contributed by atoms with E-state index in [-0.39, 0.29) is 23.5 Å². The lowest BCUT2D eigenvalue weighted by Crippen LogP contribution is -2.40. The molecule has 0 radical (unpaired) electrons. The molecule has 36 heavy (non-hydrogen) atoms. The average Bonchev–Trinajstić information content (AvgIpc) is 3.13. The summed E-state index contributed by atoms with van der Waals surface area (Å²) in [6, 6.07) is 11.2. The van der Waals surface area contributed by atoms with Crippen molar-refractivity contribution in [2.45, 2.75) is 26.8 Å². The van der Waals surface area contributed by atoms with Crippen molar-refractivity contribution < 1.29 is 23.8 Å². The monoisotopic (exact) mass is 526 g/mol. The van der Waals surface area contributed by atoms with Crippen molar-refractivity contribution in [1.29, 1.82) is 0 Å². The number of hydrogen-bond donors (Lipinski definition) is 0. The number of ether oxygens (including phenoxy) is 3. The van der Waals surface area contributed by atoms with Gasteiger partial charge in [0.15, 0.2) is 16.3 Å². The normalized spacial score (nSPS) is 15.2. The molecule has 1 aliphatic heterocycles. The van der Waals surface area contributed by atoms with Crippen LogP contribution in [0.25, 0.3) is 6.08 Å². The summed E-state index contributed by atoms with van der Waals surface area (Å²) in [5.41, 5.74) is 1.64. The summed E-state index contributed by atoms with van der Waals surface area (Å²) >= 11 is 7.71. The lowest BCUT2D eigenvalue weighted by Gasteiger charge is -2.25. The molecule has 2 aromatic carbocycles. The van der Waals surface area contributed by atoms with E-state index in [0.717, 1.165) is 0 Å². The van der Waals surface area contributed by atoms with Crippen LogP contribution >= 0.6 is 22.9 Å². The number of carbonyl (C=O) groups is 2. The molecule has 3 aromatic rings. The molecular weight excluding hydrogens is 504 g/mol. The van der Waals surface area contributed by atoms with Gasteiger partial charge in [-0.3, -0.25) is 14.2 Å². The van der Waals surface area contributed by atoms with E-state index in [1.807, 2.05) is 0 Å². The highest BCUT2D eigenvalue weighted by atomic mass is 35.5. The summed E-state index contributed by atoms with van der Waals surface area (Å²) in [5.74, 6) is -0.399. The fourth-order valence-electron chi connectivity index (χ4n) is 3.95. The van der Waals surface area contributed by atoms with Crippen molar-refractivity contribution in [2.24, 2.45) is 4.99 Å². The standard InChI is InChI=1S/C26H23ClN2O6S/c1-5-34-25(32)22-14(2)28-26-29(23(22)17-8-6-7-9-18(17)27)24(31)21(36-26)13-16-10-11-19(35-15(3)30)20(12-16)33-4/h6-13,23H,5H2,1-4H3/b21-13-. The quantitative estimate of drug-likeness (QED) is 0.361. The Balaban J connectivity index is 1.91. The fourth-order valence-corrected chi connectivity index (χ4v) is 5.23. The number of halogens is 1. The number of hydrogen-bond acceptors (Lipinski definition) is 8. The second-order valence-corrected chi connectivity index (χ2v) is 9.24. The molecule has 8 nitrogen and oxygen atoms in total. The first-order valence-electron chi connectivity index (χ1n) is 11.1. The predicted octanol–water partition coefficient (Wildman–Crippen LogP) is 3.39. The largest absolute Gasteiger partial charge is 0.493 e. The number of rotatable bonds is 6. The van der Waals surface area contributed by atoms with Crippen LogP contribution in [0, 0.1) is 0 Å². The molecule has 1 aromatic heterocycles. The minimum atomic E-state index is -0.794. The van der Waals surface area contributed by atoms with Crippen LogP contribution in [0.2, 0.25) is 5.02 Å². The third-order valence-corrected chi connectivity index (χ3v) is 6.78. The maximum absolute atomic E-state index is 13.7. The summed E-state index contributed by atoms with van der Waals surface area (Å²) in [6.45, 7) is 4.91. The summed E-state index contributed by atoms with van der Waals surface area (Å²) in [5, 5.41) is 0.416. The van der Waals surface area contributed by atoms with Crippen LogP contribution in [-0.2, 0) is 14.3 Å². The molecule has 1 unspecified atom stereocenters. The van der Waals surface area contributed by atoms with E-state index in [9.17, 15) is 14.4 Å². The number of allylic oxidation sites excluding steroid dienone is 1. The van der Waals surface area contributed by atoms with Gasteiger partial charge < -0.3 is 14.2 Å². The molecule has 0 spiro atoms. The first kappa shape index (κ1) is 25.4. The number of carbonyl (C=O) groups excluding carboxylic acids is 2. The number of benzene rings is 2. The lowest BCUT2D eigenvalue weighted by atomic mass is 9.96. The number of fused-ring (bicyclic) bond motifs is 1. The molecule has 0 N–H and O–H groups in total. The van der Waals surface area contributed by atoms with Crippen molar-refractivity contribution in [3.05, 3.63) is 89.6 Å². The van der Waals surface area contributed by atoms with Crippen LogP contribution in [0.3, 0.4) is 0 Å². The van der Waals surface area contributed by atoms with Gasteiger partial charge in [-0.15, -0.1) is 0 Å². The first-order valence-corrected chi connectivity index (χ1v) is 12.2. The second-order valence-electron chi connectivity index (χ2n) is 7.83. The van der Waals surface area contributed by atoms with Gasteiger partial charge in [-0.05, 0) is 49.2 Å². The molecule has 2 heterocycles. The van der Waals surface area contributed by atoms with E-state index in [2.05, 4.69) is 4.99 Å². The van der Waals surface area contributed by atoms with Crippen LogP contribution in [0.4, 0.5) is 0 Å². The number of aromatic nitrogens is 1. The van der Waals surface area contributed by atoms with E-state index < -0.39 is 18.0 Å². The van der Waals surface area contributed by atoms with E-state index in [1.54, 1.807) is 62.4 Å². The fraction of sp³-hybridized carbons (Fsp3) is 0.231. The Hall–Kier alpha value is -3.69. The molecule has 0 saturated heterocycles. The molecule has 186 valence electrons. The molecule has 10 heteroatoms. The van der Waals surface area contributed by atoms with Gasteiger partial charge in [0.2, 0.25) is 0 Å². The Morgan fingerprint density at radius 3 is 2.61 bits per heavy atom. The third-order valence-electron chi connectivity index (χ3n) is 5.46. The SMILES string of the molecule is CCOC(=O)C1=C(C)N=c2s/c(=C\c3ccc(OC(C)=O)c(OC)c3)c(=O)n2C1c1ccccc1Cl. The maximum atomic E-state index is 13.7. The zero-order valence-corrected chi connectivity index (χ0v) is 21.6. The smallest absolute Gasteiger partial charge is 0.338 e. The van der Waals surface area contributed by atoms with Gasteiger partial charge in [0.25, 0.3) is 5.56 Å². The van der Waals surface area contributed by atoms with Gasteiger partial charge in [0.05, 0.1) is 29.5 Å². The number of esters is 2. The Morgan fingerprint density at radius 2 is 1.94 bits per heavy atom. The second kappa shape index (κ2) is 10.5. The summed E-state index contributed by atoms with van der Waals surface area (Å²) in [4.78, 5) is 43.0. The minimum Gasteiger partial charge on any atom is -0.493 e. The molecule has 0 saturated carbocycles. The van der Waals surface area contributed by atoms with Gasteiger partial charge in [-0.1, -0.05) is 47.2 Å². The molecule has 4 rings (SSSR count). The van der Waals surface area contributed by atoms with Gasteiger partial charge in [0, 0.05) is 11.9 Å². The molecular formula is C26H23ClN2O6S. The van der Waals surface area contributed by atoms with Crippen molar-refractivity contribution in [3.63, 3.8) is 0 Å². The van der Waals surface area contributed by atoms with Crippen LogP contribution in [0.15, 0.2) is 63.5 Å². The first-order chi connectivity index (χ1) is 17.2. The summed E-state index contributed by atoms with van der Waals surface area (Å²) in [6.07, 6.45) is 1.69. The van der Waals surface area contributed by atoms with E-state index in [0.29, 0.717) is 36.9 Å². The Morgan fingerprint density at radius 1 is 1.19 bits per heavy atom. The van der Waals surface area contributed by atoms with Crippen LogP contribution < -0.4 is 24.4 Å². The predicted molar refractivity (Wildman–Crippen MR) is 136 cm³/mol.